The molecule has 0 spiro atoms. The van der Waals surface area contributed by atoms with E-state index in [4.69, 9.17) is 12.2 Å². The van der Waals surface area contributed by atoms with Gasteiger partial charge in [-0.1, -0.05) is 11.5 Å². The Hall–Kier alpha value is -1.05. The van der Waals surface area contributed by atoms with Crippen molar-refractivity contribution in [3.63, 3.8) is 0 Å². The molecule has 0 aromatic carbocycles. The molecule has 0 saturated carbocycles. The van der Waals surface area contributed by atoms with Crippen molar-refractivity contribution in [2.75, 3.05) is 0 Å². The number of aromatic nitrogens is 1. The molecule has 0 bridgehead atoms. The van der Waals surface area contributed by atoms with Crippen molar-refractivity contribution in [3.05, 3.63) is 21.3 Å². The zero-order valence-electron chi connectivity index (χ0n) is 5.83. The van der Waals surface area contributed by atoms with Gasteiger partial charge in [-0.05, 0) is 0 Å². The number of aromatic amines is 1. The summed E-state index contributed by atoms with van der Waals surface area (Å²) >= 11 is 1.24. The second-order valence-electron chi connectivity index (χ2n) is 2.13. The van der Waals surface area contributed by atoms with Gasteiger partial charge in [0.2, 0.25) is 0 Å². The minimum absolute atomic E-state index is 0.113. The van der Waals surface area contributed by atoms with Crippen LogP contribution in [0.15, 0.2) is 10.9 Å². The number of rotatable bonds is 2. The van der Waals surface area contributed by atoms with Crippen LogP contribution in [-0.4, -0.2) is 4.37 Å². The second-order valence-corrected chi connectivity index (χ2v) is 3.01. The van der Waals surface area contributed by atoms with Crippen LogP contribution in [0.4, 0.5) is 0 Å². The summed E-state index contributed by atoms with van der Waals surface area (Å²) in [6, 6.07) is 1.27. The molecule has 0 unspecified atom stereocenters. The Balaban J connectivity index is 2.78. The zero-order valence-corrected chi connectivity index (χ0v) is 6.65. The van der Waals surface area contributed by atoms with Gasteiger partial charge in [0, 0.05) is 17.4 Å². The highest BCUT2D eigenvalue weighted by atomic mass is 32.1. The molecule has 0 radical (unpaired) electrons. The predicted molar refractivity (Wildman–Crippen MR) is 45.3 cm³/mol. The third-order valence-corrected chi connectivity index (χ3v) is 2.21. The van der Waals surface area contributed by atoms with Gasteiger partial charge in [0.25, 0.3) is 5.56 Å². The molecule has 58 valence electrons. The number of nitrogens with two attached hydrogens (primary N) is 1. The van der Waals surface area contributed by atoms with E-state index in [2.05, 4.69) is 10.3 Å². The van der Waals surface area contributed by atoms with Crippen molar-refractivity contribution in [3.8, 4) is 12.3 Å². The molecule has 0 amide bonds. The van der Waals surface area contributed by atoms with Crippen molar-refractivity contribution in [1.29, 1.82) is 0 Å². The van der Waals surface area contributed by atoms with E-state index in [1.54, 1.807) is 0 Å². The first-order valence-corrected chi connectivity index (χ1v) is 3.93. The van der Waals surface area contributed by atoms with Gasteiger partial charge >= 0.3 is 0 Å². The van der Waals surface area contributed by atoms with Gasteiger partial charge < -0.3 is 5.73 Å². The van der Waals surface area contributed by atoms with E-state index in [1.165, 1.54) is 17.6 Å². The van der Waals surface area contributed by atoms with Gasteiger partial charge in [0.05, 0.1) is 6.04 Å². The molecule has 1 atom stereocenters. The summed E-state index contributed by atoms with van der Waals surface area (Å²) in [5, 5.41) is 0. The highest BCUT2D eigenvalue weighted by Gasteiger charge is 2.06. The first kappa shape index (κ1) is 8.05. The first-order chi connectivity index (χ1) is 5.24. The Kier molecular flexibility index (Phi) is 2.47. The van der Waals surface area contributed by atoms with E-state index in [-0.39, 0.29) is 11.6 Å². The maximum absolute atomic E-state index is 10.6. The first-order valence-electron chi connectivity index (χ1n) is 3.11. The molecule has 0 saturated heterocycles. The van der Waals surface area contributed by atoms with Crippen LogP contribution in [0.2, 0.25) is 0 Å². The van der Waals surface area contributed by atoms with E-state index in [9.17, 15) is 4.79 Å². The lowest BCUT2D eigenvalue weighted by Crippen LogP contribution is -2.07. The number of hydrogen-bond donors (Lipinski definition) is 2. The fourth-order valence-electron chi connectivity index (χ4n) is 0.708. The van der Waals surface area contributed by atoms with Crippen molar-refractivity contribution >= 4 is 11.5 Å². The molecule has 0 aliphatic rings. The Morgan fingerprint density at radius 1 is 1.91 bits per heavy atom. The molecule has 1 aromatic heterocycles. The number of nitrogens with one attached hydrogen (secondary N) is 1. The molecule has 4 heteroatoms. The van der Waals surface area contributed by atoms with Gasteiger partial charge in [-0.3, -0.25) is 9.17 Å². The van der Waals surface area contributed by atoms with Gasteiger partial charge in [-0.2, -0.15) is 0 Å². The average Bonchev–Trinajstić information content (AvgIpc) is 2.36. The Morgan fingerprint density at radius 3 is 3.09 bits per heavy atom. The van der Waals surface area contributed by atoms with Crippen LogP contribution >= 0.6 is 11.5 Å². The minimum atomic E-state index is -0.205. The number of H-pyrrole nitrogens is 1. The standard InChI is InChI=1S/C7H8N2OS/c1-2-3-5(8)6-4-7(10)9-11-6/h1,4-5H,3,8H2,(H,9,10)/t5-/m0/s1. The molecule has 0 aliphatic heterocycles. The molecule has 1 heterocycles. The highest BCUT2D eigenvalue weighted by molar-refractivity contribution is 7.05. The van der Waals surface area contributed by atoms with Crippen LogP contribution in [0, 0.1) is 12.3 Å². The van der Waals surface area contributed by atoms with Gasteiger partial charge in [-0.25, -0.2) is 0 Å². The molecule has 0 fully saturated rings. The van der Waals surface area contributed by atoms with Gasteiger partial charge in [0.15, 0.2) is 0 Å². The topological polar surface area (TPSA) is 58.9 Å². The molecular weight excluding hydrogens is 160 g/mol. The lowest BCUT2D eigenvalue weighted by Gasteiger charge is -2.01. The largest absolute Gasteiger partial charge is 0.322 e. The average molecular weight is 168 g/mol. The van der Waals surface area contributed by atoms with Crippen LogP contribution in [0.5, 0.6) is 0 Å². The maximum Gasteiger partial charge on any atom is 0.258 e. The van der Waals surface area contributed by atoms with E-state index in [1.807, 2.05) is 0 Å². The maximum atomic E-state index is 10.6. The fourth-order valence-corrected chi connectivity index (χ4v) is 1.39. The Labute approximate surface area is 68.4 Å². The Bertz CT molecular complexity index is 320. The van der Waals surface area contributed by atoms with E-state index in [0.717, 1.165) is 4.88 Å². The predicted octanol–water partition coefficient (Wildman–Crippen LogP) is 0.460. The summed E-state index contributed by atoms with van der Waals surface area (Å²) < 4.78 is 2.55. The van der Waals surface area contributed by atoms with Crippen molar-refractivity contribution in [2.24, 2.45) is 5.73 Å². The number of hydrogen-bond acceptors (Lipinski definition) is 3. The molecule has 1 aromatic rings. The molecule has 3 nitrogen and oxygen atoms in total. The normalized spacial score (nSPS) is 12.4. The highest BCUT2D eigenvalue weighted by Crippen LogP contribution is 2.13. The fraction of sp³-hybridized carbons (Fsp3) is 0.286. The molecular formula is C7H8N2OS. The van der Waals surface area contributed by atoms with Crippen LogP contribution in [0.1, 0.15) is 17.3 Å². The van der Waals surface area contributed by atoms with E-state index < -0.39 is 0 Å². The summed E-state index contributed by atoms with van der Waals surface area (Å²) in [7, 11) is 0. The molecule has 0 aliphatic carbocycles. The summed E-state index contributed by atoms with van der Waals surface area (Å²) in [4.78, 5) is 11.5. The molecule has 11 heavy (non-hydrogen) atoms. The van der Waals surface area contributed by atoms with Crippen LogP contribution in [0.3, 0.4) is 0 Å². The van der Waals surface area contributed by atoms with Crippen molar-refractivity contribution in [1.82, 2.24) is 4.37 Å². The zero-order chi connectivity index (χ0) is 8.27. The minimum Gasteiger partial charge on any atom is -0.322 e. The van der Waals surface area contributed by atoms with Crippen molar-refractivity contribution < 1.29 is 0 Å². The van der Waals surface area contributed by atoms with E-state index >= 15 is 0 Å². The van der Waals surface area contributed by atoms with Crippen LogP contribution in [-0.2, 0) is 0 Å². The van der Waals surface area contributed by atoms with E-state index in [0.29, 0.717) is 6.42 Å². The summed E-state index contributed by atoms with van der Waals surface area (Å²) in [5.74, 6) is 2.44. The van der Waals surface area contributed by atoms with Gasteiger partial charge in [-0.15, -0.1) is 12.3 Å². The summed E-state index contributed by atoms with van der Waals surface area (Å²) in [6.07, 6.45) is 5.53. The van der Waals surface area contributed by atoms with Crippen LogP contribution < -0.4 is 11.3 Å². The lowest BCUT2D eigenvalue weighted by atomic mass is 10.2. The van der Waals surface area contributed by atoms with Gasteiger partial charge in [0.1, 0.15) is 0 Å². The second kappa shape index (κ2) is 3.37. The van der Waals surface area contributed by atoms with Crippen LogP contribution in [0.25, 0.3) is 0 Å². The van der Waals surface area contributed by atoms with Crippen molar-refractivity contribution in [2.45, 2.75) is 12.5 Å². The lowest BCUT2D eigenvalue weighted by molar-refractivity contribution is 0.771. The Morgan fingerprint density at radius 2 is 2.64 bits per heavy atom. The number of terminal acetylenes is 1. The summed E-state index contributed by atoms with van der Waals surface area (Å²) in [6.45, 7) is 0. The molecule has 3 N–H and O–H groups in total. The third-order valence-electron chi connectivity index (χ3n) is 1.25. The third kappa shape index (κ3) is 1.93. The SMILES string of the molecule is C#CC[C@H](N)c1cc(=O)[nH]s1. The molecule has 1 rings (SSSR count). The summed E-state index contributed by atoms with van der Waals surface area (Å²) in [5.41, 5.74) is 5.51. The quantitative estimate of drug-likeness (QED) is 0.630. The smallest absolute Gasteiger partial charge is 0.258 e. The monoisotopic (exact) mass is 168 g/mol.